The molecule has 0 saturated heterocycles. The molecular weight excluding hydrogens is 540 g/mol. The maximum atomic E-state index is 12.6. The third-order valence-electron chi connectivity index (χ3n) is 12.2. The minimum Gasteiger partial charge on any atom is -0.447 e. The summed E-state index contributed by atoms with van der Waals surface area (Å²) in [6.45, 7) is 10.7. The Bertz CT molecular complexity index is 1010. The second-order valence-corrected chi connectivity index (χ2v) is 14.6. The summed E-state index contributed by atoms with van der Waals surface area (Å²) in [5, 5.41) is 15.7. The van der Waals surface area contributed by atoms with Crippen LogP contribution in [0.3, 0.4) is 0 Å². The van der Waals surface area contributed by atoms with Gasteiger partial charge in [-0.3, -0.25) is 4.79 Å². The monoisotopic (exact) mass is 598 g/mol. The van der Waals surface area contributed by atoms with Gasteiger partial charge in [0.15, 0.2) is 0 Å². The maximum absolute atomic E-state index is 12.6. The molecule has 4 aliphatic rings. The van der Waals surface area contributed by atoms with Crippen LogP contribution in [-0.2, 0) is 14.3 Å². The lowest BCUT2D eigenvalue weighted by atomic mass is 9.44. The zero-order valence-electron chi connectivity index (χ0n) is 27.2. The average molecular weight is 599 g/mol. The number of alkyl carbamates (subject to hydrolysis) is 1. The molecule has 10 unspecified atom stereocenters. The number of terminal acetylenes is 1. The molecule has 242 valence electrons. The molecule has 0 aromatic carbocycles. The van der Waals surface area contributed by atoms with Crippen LogP contribution in [0, 0.1) is 58.7 Å². The Morgan fingerprint density at radius 3 is 2.56 bits per heavy atom. The second-order valence-electron chi connectivity index (χ2n) is 14.6. The van der Waals surface area contributed by atoms with Crippen LogP contribution in [0.25, 0.3) is 0 Å². The summed E-state index contributed by atoms with van der Waals surface area (Å²) in [6.07, 6.45) is 21.8. The first kappa shape index (κ1) is 33.8. The number of ether oxygens (including phenoxy) is 2. The smallest absolute Gasteiger partial charge is 0.408 e. The van der Waals surface area contributed by atoms with E-state index in [1.165, 1.54) is 44.9 Å². The topological polar surface area (TPSA) is 96.9 Å². The number of fused-ring (bicyclic) bond motifs is 5. The Kier molecular flexibility index (Phi) is 12.0. The van der Waals surface area contributed by atoms with Crippen LogP contribution < -0.4 is 10.6 Å². The lowest BCUT2D eigenvalue weighted by Gasteiger charge is -2.61. The third-order valence-corrected chi connectivity index (χ3v) is 12.2. The van der Waals surface area contributed by atoms with E-state index in [2.05, 4.69) is 37.3 Å². The molecule has 7 heteroatoms. The van der Waals surface area contributed by atoms with Gasteiger partial charge in [-0.2, -0.15) is 0 Å². The normalized spacial score (nSPS) is 36.5. The molecule has 0 bridgehead atoms. The van der Waals surface area contributed by atoms with E-state index in [0.29, 0.717) is 35.9 Å². The Morgan fingerprint density at radius 2 is 1.79 bits per heavy atom. The Labute approximate surface area is 260 Å². The SMILES string of the molecule is C#CCC(NC(=O)C=CCCC(C)C1CCC2C3CCC4CC(O)CCC4(C)C3CCC12C)NC(=O)OCCOCCC. The fraction of sp³-hybridized carbons (Fsp3) is 0.833. The molecule has 43 heavy (non-hydrogen) atoms. The van der Waals surface area contributed by atoms with E-state index in [4.69, 9.17) is 15.9 Å². The summed E-state index contributed by atoms with van der Waals surface area (Å²) in [4.78, 5) is 24.6. The Hall–Kier alpha value is -2.04. The molecule has 3 N–H and O–H groups in total. The summed E-state index contributed by atoms with van der Waals surface area (Å²) in [6, 6.07) is 0. The van der Waals surface area contributed by atoms with Gasteiger partial charge in [0.25, 0.3) is 0 Å². The summed E-state index contributed by atoms with van der Waals surface area (Å²) < 4.78 is 10.4. The van der Waals surface area contributed by atoms with Crippen molar-refractivity contribution in [2.24, 2.45) is 46.3 Å². The molecule has 0 heterocycles. The third kappa shape index (κ3) is 7.98. The van der Waals surface area contributed by atoms with E-state index in [0.717, 1.165) is 55.8 Å². The van der Waals surface area contributed by atoms with Crippen LogP contribution in [0.15, 0.2) is 12.2 Å². The van der Waals surface area contributed by atoms with Gasteiger partial charge in [0, 0.05) is 13.0 Å². The molecule has 4 rings (SSSR count). The van der Waals surface area contributed by atoms with E-state index in [9.17, 15) is 14.7 Å². The van der Waals surface area contributed by atoms with Gasteiger partial charge >= 0.3 is 6.09 Å². The van der Waals surface area contributed by atoms with Gasteiger partial charge in [-0.05, 0) is 129 Å². The predicted octanol–water partition coefficient (Wildman–Crippen LogP) is 6.60. The molecule has 4 saturated carbocycles. The molecule has 7 nitrogen and oxygen atoms in total. The minimum atomic E-state index is -0.688. The van der Waals surface area contributed by atoms with Crippen LogP contribution in [0.2, 0.25) is 0 Å². The molecule has 0 radical (unpaired) electrons. The lowest BCUT2D eigenvalue weighted by Crippen LogP contribution is -2.54. The molecule has 4 fully saturated rings. The Balaban J connectivity index is 1.22. The highest BCUT2D eigenvalue weighted by Crippen LogP contribution is 2.68. The minimum absolute atomic E-state index is 0.0778. The number of aliphatic hydroxyl groups excluding tert-OH is 1. The number of hydrogen-bond acceptors (Lipinski definition) is 5. The fourth-order valence-corrected chi connectivity index (χ4v) is 10.1. The zero-order valence-corrected chi connectivity index (χ0v) is 27.2. The van der Waals surface area contributed by atoms with Crippen molar-refractivity contribution in [1.82, 2.24) is 10.6 Å². The van der Waals surface area contributed by atoms with E-state index < -0.39 is 12.3 Å². The highest BCUT2D eigenvalue weighted by Gasteiger charge is 2.60. The first-order valence-electron chi connectivity index (χ1n) is 17.2. The van der Waals surface area contributed by atoms with Crippen molar-refractivity contribution >= 4 is 12.0 Å². The van der Waals surface area contributed by atoms with Crippen LogP contribution in [-0.4, -0.2) is 49.2 Å². The molecule has 10 atom stereocenters. The number of amides is 2. The van der Waals surface area contributed by atoms with Crippen molar-refractivity contribution in [1.29, 1.82) is 0 Å². The molecule has 2 amide bonds. The van der Waals surface area contributed by atoms with Crippen molar-refractivity contribution in [3.63, 3.8) is 0 Å². The van der Waals surface area contributed by atoms with Gasteiger partial charge in [0.05, 0.1) is 12.7 Å². The van der Waals surface area contributed by atoms with Crippen molar-refractivity contribution < 1.29 is 24.2 Å². The van der Waals surface area contributed by atoms with Gasteiger partial charge in [-0.25, -0.2) is 4.79 Å². The largest absolute Gasteiger partial charge is 0.447 e. The molecular formula is C36H58N2O5. The van der Waals surface area contributed by atoms with E-state index in [1.54, 1.807) is 6.08 Å². The van der Waals surface area contributed by atoms with Crippen molar-refractivity contribution in [3.05, 3.63) is 12.2 Å². The van der Waals surface area contributed by atoms with Crippen LogP contribution in [0.4, 0.5) is 4.79 Å². The van der Waals surface area contributed by atoms with Gasteiger partial charge in [-0.1, -0.05) is 33.8 Å². The maximum Gasteiger partial charge on any atom is 0.408 e. The summed E-state index contributed by atoms with van der Waals surface area (Å²) in [5.74, 6) is 6.81. The van der Waals surface area contributed by atoms with Gasteiger partial charge in [0.1, 0.15) is 12.8 Å². The van der Waals surface area contributed by atoms with Crippen LogP contribution >= 0.6 is 0 Å². The number of carbonyl (C=O) groups excluding carboxylic acids is 2. The standard InChI is InChI=1S/C36H58N2O5/c1-6-10-32(38-34(41)43-23-22-42-21-7-2)37-33(40)12-9-8-11-25(3)29-15-16-30-28-14-13-26-24-27(39)17-19-35(26,4)31(28)18-20-36(29,30)5/h1,9,12,25-32,39H,7-8,10-11,13-24H2,2-5H3,(H,37,40)(H,38,41). The summed E-state index contributed by atoms with van der Waals surface area (Å²) >= 11 is 0. The lowest BCUT2D eigenvalue weighted by molar-refractivity contribution is -0.129. The number of aliphatic hydroxyl groups is 1. The number of nitrogens with one attached hydrogen (secondary N) is 2. The highest BCUT2D eigenvalue weighted by molar-refractivity contribution is 5.88. The number of allylic oxidation sites excluding steroid dienone is 1. The van der Waals surface area contributed by atoms with Gasteiger partial charge < -0.3 is 25.2 Å². The Morgan fingerprint density at radius 1 is 1.02 bits per heavy atom. The molecule has 0 aliphatic heterocycles. The first-order valence-corrected chi connectivity index (χ1v) is 17.2. The number of rotatable bonds is 13. The zero-order chi connectivity index (χ0) is 31.0. The van der Waals surface area contributed by atoms with Crippen LogP contribution in [0.1, 0.15) is 111 Å². The van der Waals surface area contributed by atoms with Gasteiger partial charge in [-0.15, -0.1) is 12.3 Å². The molecule has 0 aromatic heterocycles. The van der Waals surface area contributed by atoms with E-state index in [-0.39, 0.29) is 25.0 Å². The van der Waals surface area contributed by atoms with Crippen molar-refractivity contribution in [3.8, 4) is 12.3 Å². The number of carbonyl (C=O) groups is 2. The van der Waals surface area contributed by atoms with Crippen LogP contribution in [0.5, 0.6) is 0 Å². The predicted molar refractivity (Wildman–Crippen MR) is 170 cm³/mol. The average Bonchev–Trinajstić information content (AvgIpc) is 3.33. The fourth-order valence-electron chi connectivity index (χ4n) is 10.1. The number of hydrogen-bond donors (Lipinski definition) is 3. The van der Waals surface area contributed by atoms with Crippen molar-refractivity contribution in [2.75, 3.05) is 19.8 Å². The highest BCUT2D eigenvalue weighted by atomic mass is 16.6. The summed E-state index contributed by atoms with van der Waals surface area (Å²) in [7, 11) is 0. The summed E-state index contributed by atoms with van der Waals surface area (Å²) in [5.41, 5.74) is 0.848. The molecule has 4 aliphatic carbocycles. The quantitative estimate of drug-likeness (QED) is 0.0961. The molecule has 0 spiro atoms. The molecule has 0 aromatic rings. The first-order chi connectivity index (χ1) is 20.6. The van der Waals surface area contributed by atoms with Crippen molar-refractivity contribution in [2.45, 2.75) is 123 Å². The van der Waals surface area contributed by atoms with E-state index in [1.807, 2.05) is 13.0 Å². The van der Waals surface area contributed by atoms with E-state index >= 15 is 0 Å². The van der Waals surface area contributed by atoms with Gasteiger partial charge in [0.2, 0.25) is 5.91 Å². The second kappa shape index (κ2) is 15.3.